The van der Waals surface area contributed by atoms with Crippen LogP contribution in [-0.2, 0) is 25.8 Å². The molecule has 0 aromatic heterocycles. The van der Waals surface area contributed by atoms with Crippen LogP contribution >= 0.6 is 9.24 Å². The second-order valence-electron chi connectivity index (χ2n) is 6.00. The van der Waals surface area contributed by atoms with Crippen LogP contribution < -0.4 is 5.30 Å². The van der Waals surface area contributed by atoms with E-state index in [4.69, 9.17) is 14.4 Å². The lowest BCUT2D eigenvalue weighted by Crippen LogP contribution is -2.20. The van der Waals surface area contributed by atoms with E-state index in [2.05, 4.69) is 31.4 Å². The van der Waals surface area contributed by atoms with Gasteiger partial charge in [0.15, 0.2) is 5.71 Å². The number of hydrogen-bond acceptors (Lipinski definition) is 6. The second-order valence-corrected chi connectivity index (χ2v) is 6.62. The summed E-state index contributed by atoms with van der Waals surface area (Å²) >= 11 is 0. The third-order valence-electron chi connectivity index (χ3n) is 3.98. The number of nitrogens with zero attached hydrogens (tertiary/aromatic N) is 2. The van der Waals surface area contributed by atoms with Crippen LogP contribution in [0.15, 0.2) is 52.8 Å². The minimum Gasteiger partial charge on any atom is -0.464 e. The van der Waals surface area contributed by atoms with Crippen molar-refractivity contribution in [2.24, 2.45) is 10.3 Å². The molecule has 0 aliphatic rings. The number of oxime groups is 2. The summed E-state index contributed by atoms with van der Waals surface area (Å²) in [5, 5.41) is 8.89. The van der Waals surface area contributed by atoms with Crippen molar-refractivity contribution < 1.29 is 19.2 Å². The van der Waals surface area contributed by atoms with Gasteiger partial charge in [-0.15, -0.1) is 9.24 Å². The average Bonchev–Trinajstić information content (AvgIpc) is 2.72. The highest BCUT2D eigenvalue weighted by Crippen LogP contribution is 2.18. The maximum atomic E-state index is 12.1. The first-order chi connectivity index (χ1) is 14.0. The molecule has 0 saturated heterocycles. The van der Waals surface area contributed by atoms with Crippen molar-refractivity contribution in [2.75, 3.05) is 14.2 Å². The number of carbonyl (C=O) groups excluding carboxylic acids is 1. The van der Waals surface area contributed by atoms with Crippen molar-refractivity contribution in [3.63, 3.8) is 0 Å². The Kier molecular flexibility index (Phi) is 8.39. The van der Waals surface area contributed by atoms with Gasteiger partial charge in [-0.05, 0) is 36.7 Å². The lowest BCUT2D eigenvalue weighted by atomic mass is 9.99. The first-order valence-corrected chi connectivity index (χ1v) is 9.37. The van der Waals surface area contributed by atoms with E-state index in [0.29, 0.717) is 11.3 Å². The fourth-order valence-electron chi connectivity index (χ4n) is 2.49. The van der Waals surface area contributed by atoms with Gasteiger partial charge < -0.3 is 14.4 Å². The molecule has 6 nitrogen and oxygen atoms in total. The SMILES string of the molecule is CO/N=C(/C(=O)OC)c1cccc(C)c1CO/N=C(\C)C#Cc1ccccc1P. The zero-order valence-corrected chi connectivity index (χ0v) is 18.0. The van der Waals surface area contributed by atoms with E-state index in [-0.39, 0.29) is 12.3 Å². The molecule has 1 atom stereocenters. The van der Waals surface area contributed by atoms with Crippen LogP contribution in [0.5, 0.6) is 0 Å². The molecule has 2 aromatic carbocycles. The standard InChI is InChI=1S/C22H23N2O4P/c1-15-8-7-10-18(21(24-27-4)22(25)26-3)19(15)14-28-23-16(2)12-13-17-9-5-6-11-20(17)29/h5-11H,14,29H2,1-4H3/b23-16+,24-21+. The molecule has 0 heterocycles. The Labute approximate surface area is 173 Å². The molecule has 0 amide bonds. The maximum absolute atomic E-state index is 12.1. The van der Waals surface area contributed by atoms with E-state index in [1.807, 2.05) is 43.3 Å². The first kappa shape index (κ1) is 22.1. The average molecular weight is 410 g/mol. The van der Waals surface area contributed by atoms with Crippen LogP contribution in [0.4, 0.5) is 0 Å². The molecule has 0 bridgehead atoms. The Morgan fingerprint density at radius 3 is 2.55 bits per heavy atom. The Bertz CT molecular complexity index is 1000. The highest BCUT2D eigenvalue weighted by Gasteiger charge is 2.20. The molecule has 2 rings (SSSR count). The predicted molar refractivity (Wildman–Crippen MR) is 117 cm³/mol. The summed E-state index contributed by atoms with van der Waals surface area (Å²) in [5.74, 6) is 5.44. The van der Waals surface area contributed by atoms with Gasteiger partial charge in [0.2, 0.25) is 0 Å². The summed E-state index contributed by atoms with van der Waals surface area (Å²) in [6.45, 7) is 3.82. The van der Waals surface area contributed by atoms with Crippen LogP contribution in [0, 0.1) is 18.8 Å². The third-order valence-corrected chi connectivity index (χ3v) is 4.48. The van der Waals surface area contributed by atoms with E-state index >= 15 is 0 Å². The van der Waals surface area contributed by atoms with Gasteiger partial charge in [0.25, 0.3) is 0 Å². The molecule has 0 aliphatic heterocycles. The van der Waals surface area contributed by atoms with E-state index in [1.54, 1.807) is 13.0 Å². The van der Waals surface area contributed by atoms with E-state index in [9.17, 15) is 4.79 Å². The lowest BCUT2D eigenvalue weighted by molar-refractivity contribution is -0.132. The van der Waals surface area contributed by atoms with Crippen LogP contribution in [-0.4, -0.2) is 31.6 Å². The van der Waals surface area contributed by atoms with Crippen LogP contribution in [0.25, 0.3) is 0 Å². The van der Waals surface area contributed by atoms with Crippen LogP contribution in [0.3, 0.4) is 0 Å². The van der Waals surface area contributed by atoms with E-state index in [0.717, 1.165) is 22.0 Å². The van der Waals surface area contributed by atoms with Gasteiger partial charge in [-0.2, -0.15) is 0 Å². The fraction of sp³-hybridized carbons (Fsp3) is 0.227. The quantitative estimate of drug-likeness (QED) is 0.241. The second kappa shape index (κ2) is 11.0. The van der Waals surface area contributed by atoms with Gasteiger partial charge in [-0.3, -0.25) is 0 Å². The fourth-order valence-corrected chi connectivity index (χ4v) is 2.76. The highest BCUT2D eigenvalue weighted by molar-refractivity contribution is 7.27. The normalized spacial score (nSPS) is 11.3. The van der Waals surface area contributed by atoms with Crippen molar-refractivity contribution in [1.82, 2.24) is 0 Å². The molecule has 1 unspecified atom stereocenters. The van der Waals surface area contributed by atoms with Crippen molar-refractivity contribution in [3.05, 3.63) is 64.7 Å². The van der Waals surface area contributed by atoms with Crippen LogP contribution in [0.1, 0.15) is 29.2 Å². The summed E-state index contributed by atoms with van der Waals surface area (Å²) < 4.78 is 4.80. The molecule has 0 N–H and O–H groups in total. The number of methoxy groups -OCH3 is 1. The van der Waals surface area contributed by atoms with Gasteiger partial charge >= 0.3 is 5.97 Å². The summed E-state index contributed by atoms with van der Waals surface area (Å²) in [6, 6.07) is 13.3. The molecular formula is C22H23N2O4P. The highest BCUT2D eigenvalue weighted by atomic mass is 31.0. The molecular weight excluding hydrogens is 387 g/mol. The van der Waals surface area contributed by atoms with E-state index < -0.39 is 5.97 Å². The van der Waals surface area contributed by atoms with Gasteiger partial charge in [-0.1, -0.05) is 52.6 Å². The Hall–Kier alpha value is -3.16. The summed E-state index contributed by atoms with van der Waals surface area (Å²) in [5.41, 5.74) is 3.75. The van der Waals surface area contributed by atoms with Crippen molar-refractivity contribution >= 4 is 31.9 Å². The summed E-state index contributed by atoms with van der Waals surface area (Å²) in [6.07, 6.45) is 0. The molecule has 0 saturated carbocycles. The van der Waals surface area contributed by atoms with Gasteiger partial charge in [0.05, 0.1) is 7.11 Å². The van der Waals surface area contributed by atoms with Crippen molar-refractivity contribution in [2.45, 2.75) is 20.5 Å². The lowest BCUT2D eigenvalue weighted by Gasteiger charge is -2.12. The Balaban J connectivity index is 2.21. The number of hydrogen-bond donors (Lipinski definition) is 0. The molecule has 2 aromatic rings. The number of ether oxygens (including phenoxy) is 1. The van der Waals surface area contributed by atoms with Crippen molar-refractivity contribution in [3.8, 4) is 11.8 Å². The third kappa shape index (κ3) is 6.17. The van der Waals surface area contributed by atoms with E-state index in [1.165, 1.54) is 14.2 Å². The predicted octanol–water partition coefficient (Wildman–Crippen LogP) is 2.96. The molecule has 0 radical (unpaired) electrons. The summed E-state index contributed by atoms with van der Waals surface area (Å²) in [7, 11) is 5.31. The van der Waals surface area contributed by atoms with Gasteiger partial charge in [-0.25, -0.2) is 4.79 Å². The number of rotatable bonds is 6. The molecule has 0 fully saturated rings. The van der Waals surface area contributed by atoms with Gasteiger partial charge in [0, 0.05) is 16.7 Å². The van der Waals surface area contributed by atoms with Crippen LogP contribution in [0.2, 0.25) is 0 Å². The number of benzene rings is 2. The zero-order valence-electron chi connectivity index (χ0n) is 16.9. The Morgan fingerprint density at radius 2 is 1.86 bits per heavy atom. The molecule has 0 spiro atoms. The number of carbonyl (C=O) groups is 1. The topological polar surface area (TPSA) is 69.5 Å². The number of aryl methyl sites for hydroxylation is 1. The Morgan fingerprint density at radius 1 is 1.10 bits per heavy atom. The smallest absolute Gasteiger partial charge is 0.360 e. The monoisotopic (exact) mass is 410 g/mol. The molecule has 150 valence electrons. The maximum Gasteiger partial charge on any atom is 0.360 e. The largest absolute Gasteiger partial charge is 0.464 e. The first-order valence-electron chi connectivity index (χ1n) is 8.79. The zero-order chi connectivity index (χ0) is 21.2. The van der Waals surface area contributed by atoms with Crippen molar-refractivity contribution in [1.29, 1.82) is 0 Å². The number of esters is 1. The van der Waals surface area contributed by atoms with Gasteiger partial charge in [0.1, 0.15) is 19.4 Å². The molecule has 7 heteroatoms. The minimum atomic E-state index is -0.597. The minimum absolute atomic E-state index is 0.0647. The molecule has 0 aliphatic carbocycles. The molecule has 29 heavy (non-hydrogen) atoms. The summed E-state index contributed by atoms with van der Waals surface area (Å²) in [4.78, 5) is 22.4.